The lowest BCUT2D eigenvalue weighted by Crippen LogP contribution is -2.57. The van der Waals surface area contributed by atoms with Crippen molar-refractivity contribution in [1.29, 1.82) is 0 Å². The van der Waals surface area contributed by atoms with E-state index < -0.39 is 0 Å². The van der Waals surface area contributed by atoms with Crippen molar-refractivity contribution in [3.05, 3.63) is 30.1 Å². The van der Waals surface area contributed by atoms with Crippen LogP contribution in [0.4, 0.5) is 0 Å². The van der Waals surface area contributed by atoms with Crippen LogP contribution >= 0.6 is 0 Å². The Hall–Kier alpha value is -1.91. The number of nitrogens with zero attached hydrogens (tertiary/aromatic N) is 2. The molecule has 17 heavy (non-hydrogen) atoms. The minimum absolute atomic E-state index is 0.0340. The molecule has 0 saturated carbocycles. The van der Waals surface area contributed by atoms with Gasteiger partial charge < -0.3 is 10.2 Å². The second kappa shape index (κ2) is 4.95. The standard InChI is InChI=1S/C12H15N3O2/c1-2-10-12(17)14-7-11(16)15(10)8-9-3-5-13-6-4-9/h3-6,10H,2,7-8H2,1H3,(H,14,17). The molecule has 1 fully saturated rings. The summed E-state index contributed by atoms with van der Waals surface area (Å²) < 4.78 is 0. The van der Waals surface area contributed by atoms with Gasteiger partial charge >= 0.3 is 0 Å². The molecule has 1 N–H and O–H groups in total. The lowest BCUT2D eigenvalue weighted by molar-refractivity contribution is -0.146. The van der Waals surface area contributed by atoms with Crippen LogP contribution in [0.5, 0.6) is 0 Å². The molecule has 1 aromatic rings. The van der Waals surface area contributed by atoms with Crippen LogP contribution in [-0.2, 0) is 16.1 Å². The number of pyridine rings is 1. The molecule has 2 heterocycles. The molecular weight excluding hydrogens is 218 g/mol. The molecule has 1 aromatic heterocycles. The van der Waals surface area contributed by atoms with Crippen LogP contribution in [0.3, 0.4) is 0 Å². The molecule has 1 unspecified atom stereocenters. The topological polar surface area (TPSA) is 62.3 Å². The molecule has 5 heteroatoms. The Bertz CT molecular complexity index is 419. The van der Waals surface area contributed by atoms with Crippen LogP contribution in [-0.4, -0.2) is 34.3 Å². The summed E-state index contributed by atoms with van der Waals surface area (Å²) in [7, 11) is 0. The minimum Gasteiger partial charge on any atom is -0.345 e. The summed E-state index contributed by atoms with van der Waals surface area (Å²) in [5.74, 6) is -0.102. The summed E-state index contributed by atoms with van der Waals surface area (Å²) in [6.07, 6.45) is 4.00. The first-order chi connectivity index (χ1) is 8.22. The van der Waals surface area contributed by atoms with Gasteiger partial charge in [0.25, 0.3) is 0 Å². The van der Waals surface area contributed by atoms with E-state index in [1.54, 1.807) is 17.3 Å². The lowest BCUT2D eigenvalue weighted by atomic mass is 10.1. The van der Waals surface area contributed by atoms with E-state index in [1.165, 1.54) is 0 Å². The Kier molecular flexibility index (Phi) is 3.37. The van der Waals surface area contributed by atoms with E-state index in [0.29, 0.717) is 13.0 Å². The molecule has 0 radical (unpaired) electrons. The molecule has 2 rings (SSSR count). The van der Waals surface area contributed by atoms with E-state index in [9.17, 15) is 9.59 Å². The first kappa shape index (κ1) is 11.6. The fraction of sp³-hybridized carbons (Fsp3) is 0.417. The lowest BCUT2D eigenvalue weighted by Gasteiger charge is -2.34. The quantitative estimate of drug-likeness (QED) is 0.817. The van der Waals surface area contributed by atoms with Gasteiger partial charge in [-0.05, 0) is 24.1 Å². The van der Waals surface area contributed by atoms with Crippen molar-refractivity contribution in [2.45, 2.75) is 25.9 Å². The molecular formula is C12H15N3O2. The van der Waals surface area contributed by atoms with E-state index in [2.05, 4.69) is 10.3 Å². The number of nitrogens with one attached hydrogen (secondary N) is 1. The molecule has 0 aromatic carbocycles. The van der Waals surface area contributed by atoms with Crippen LogP contribution in [0.1, 0.15) is 18.9 Å². The maximum Gasteiger partial charge on any atom is 0.243 e. The number of rotatable bonds is 3. The molecule has 1 aliphatic heterocycles. The third kappa shape index (κ3) is 2.43. The first-order valence-electron chi connectivity index (χ1n) is 5.68. The van der Waals surface area contributed by atoms with Gasteiger partial charge in [-0.1, -0.05) is 6.92 Å². The number of carbonyl (C=O) groups is 2. The van der Waals surface area contributed by atoms with Gasteiger partial charge in [0.05, 0.1) is 6.54 Å². The van der Waals surface area contributed by atoms with Crippen molar-refractivity contribution in [1.82, 2.24) is 15.2 Å². The second-order valence-electron chi connectivity index (χ2n) is 4.02. The predicted octanol–water partition coefficient (Wildman–Crippen LogP) is 0.319. The van der Waals surface area contributed by atoms with Crippen LogP contribution < -0.4 is 5.32 Å². The summed E-state index contributed by atoms with van der Waals surface area (Å²) in [4.78, 5) is 29.0. The van der Waals surface area contributed by atoms with Crippen molar-refractivity contribution < 1.29 is 9.59 Å². The van der Waals surface area contributed by atoms with Crippen molar-refractivity contribution in [2.24, 2.45) is 0 Å². The Morgan fingerprint density at radius 1 is 1.41 bits per heavy atom. The van der Waals surface area contributed by atoms with Crippen molar-refractivity contribution in [2.75, 3.05) is 6.54 Å². The van der Waals surface area contributed by atoms with Gasteiger partial charge in [0.15, 0.2) is 0 Å². The Balaban J connectivity index is 2.16. The number of amides is 2. The van der Waals surface area contributed by atoms with Gasteiger partial charge in [-0.3, -0.25) is 14.6 Å². The minimum atomic E-state index is -0.357. The summed E-state index contributed by atoms with van der Waals surface area (Å²) in [5.41, 5.74) is 0.988. The fourth-order valence-electron chi connectivity index (χ4n) is 1.99. The summed E-state index contributed by atoms with van der Waals surface area (Å²) in [6, 6.07) is 3.35. The largest absolute Gasteiger partial charge is 0.345 e. The Labute approximate surface area is 99.8 Å². The van der Waals surface area contributed by atoms with Gasteiger partial charge in [0.2, 0.25) is 11.8 Å². The molecule has 5 nitrogen and oxygen atoms in total. The highest BCUT2D eigenvalue weighted by molar-refractivity contribution is 5.94. The van der Waals surface area contributed by atoms with E-state index in [1.807, 2.05) is 19.1 Å². The first-order valence-corrected chi connectivity index (χ1v) is 5.68. The van der Waals surface area contributed by atoms with Gasteiger partial charge in [-0.25, -0.2) is 0 Å². The molecule has 1 atom stereocenters. The molecule has 0 spiro atoms. The van der Waals surface area contributed by atoms with E-state index >= 15 is 0 Å². The zero-order valence-electron chi connectivity index (χ0n) is 9.72. The zero-order chi connectivity index (χ0) is 12.3. The molecule has 2 amide bonds. The monoisotopic (exact) mass is 233 g/mol. The van der Waals surface area contributed by atoms with Gasteiger partial charge in [0.1, 0.15) is 6.04 Å². The molecule has 0 aliphatic carbocycles. The smallest absolute Gasteiger partial charge is 0.243 e. The Morgan fingerprint density at radius 2 is 2.12 bits per heavy atom. The third-order valence-electron chi connectivity index (χ3n) is 2.90. The van der Waals surface area contributed by atoms with Crippen molar-refractivity contribution >= 4 is 11.8 Å². The van der Waals surface area contributed by atoms with Crippen molar-refractivity contribution in [3.63, 3.8) is 0 Å². The van der Waals surface area contributed by atoms with E-state index in [-0.39, 0.29) is 24.4 Å². The van der Waals surface area contributed by atoms with Gasteiger partial charge in [0, 0.05) is 18.9 Å². The average molecular weight is 233 g/mol. The predicted molar refractivity (Wildman–Crippen MR) is 61.9 cm³/mol. The highest BCUT2D eigenvalue weighted by Crippen LogP contribution is 2.13. The van der Waals surface area contributed by atoms with E-state index in [0.717, 1.165) is 5.56 Å². The van der Waals surface area contributed by atoms with Crippen LogP contribution in [0.15, 0.2) is 24.5 Å². The highest BCUT2D eigenvalue weighted by atomic mass is 16.2. The Morgan fingerprint density at radius 3 is 2.76 bits per heavy atom. The SMILES string of the molecule is CCC1C(=O)NCC(=O)N1Cc1ccncc1. The van der Waals surface area contributed by atoms with Crippen LogP contribution in [0.2, 0.25) is 0 Å². The number of hydrogen-bond donors (Lipinski definition) is 1. The molecule has 1 aliphatic rings. The highest BCUT2D eigenvalue weighted by Gasteiger charge is 2.32. The maximum absolute atomic E-state index is 11.8. The van der Waals surface area contributed by atoms with Crippen LogP contribution in [0.25, 0.3) is 0 Å². The zero-order valence-corrected chi connectivity index (χ0v) is 9.72. The molecule has 0 bridgehead atoms. The normalized spacial score (nSPS) is 20.3. The number of piperazine rings is 1. The van der Waals surface area contributed by atoms with Gasteiger partial charge in [-0.15, -0.1) is 0 Å². The second-order valence-corrected chi connectivity index (χ2v) is 4.02. The number of aromatic nitrogens is 1. The summed E-state index contributed by atoms with van der Waals surface area (Å²) in [5, 5.41) is 2.61. The van der Waals surface area contributed by atoms with Gasteiger partial charge in [-0.2, -0.15) is 0 Å². The number of carbonyl (C=O) groups excluding carboxylic acids is 2. The third-order valence-corrected chi connectivity index (χ3v) is 2.90. The van der Waals surface area contributed by atoms with Crippen molar-refractivity contribution in [3.8, 4) is 0 Å². The average Bonchev–Trinajstić information content (AvgIpc) is 2.35. The summed E-state index contributed by atoms with van der Waals surface area (Å²) in [6.45, 7) is 2.47. The van der Waals surface area contributed by atoms with E-state index in [4.69, 9.17) is 0 Å². The summed E-state index contributed by atoms with van der Waals surface area (Å²) >= 11 is 0. The van der Waals surface area contributed by atoms with Crippen LogP contribution in [0, 0.1) is 0 Å². The molecule has 90 valence electrons. The number of hydrogen-bond acceptors (Lipinski definition) is 3. The molecule has 1 saturated heterocycles. The maximum atomic E-state index is 11.8. The fourth-order valence-corrected chi connectivity index (χ4v) is 1.99.